The van der Waals surface area contributed by atoms with Gasteiger partial charge in [-0.1, -0.05) is 12.1 Å². The summed E-state index contributed by atoms with van der Waals surface area (Å²) in [6, 6.07) is 7.35. The first kappa shape index (κ1) is 14.5. The Labute approximate surface area is 122 Å². The Hall–Kier alpha value is -1.88. The molecule has 2 aromatic rings. The lowest BCUT2D eigenvalue weighted by atomic mass is 10.2. The number of carbonyl (C=O) groups is 1. The summed E-state index contributed by atoms with van der Waals surface area (Å²) in [7, 11) is 1.60. The molecule has 0 bridgehead atoms. The second-order valence-electron chi connectivity index (χ2n) is 5.37. The van der Waals surface area contributed by atoms with E-state index >= 15 is 0 Å². The third-order valence-corrected chi connectivity index (χ3v) is 2.71. The van der Waals surface area contributed by atoms with Crippen LogP contribution in [0, 0.1) is 0 Å². The molecule has 0 atom stereocenters. The first-order valence-electron chi connectivity index (χ1n) is 6.17. The molecule has 0 aliphatic heterocycles. The maximum absolute atomic E-state index is 12.1. The molecule has 0 aliphatic carbocycles. The Morgan fingerprint density at radius 1 is 1.25 bits per heavy atom. The lowest BCUT2D eigenvalue weighted by molar-refractivity contribution is 0.0589. The van der Waals surface area contributed by atoms with Crippen LogP contribution in [0.5, 0.6) is 0 Å². The van der Waals surface area contributed by atoms with Crippen LogP contribution >= 0.6 is 11.6 Å². The monoisotopic (exact) mass is 293 g/mol. The van der Waals surface area contributed by atoms with E-state index in [-0.39, 0.29) is 5.28 Å². The number of nitrogens with zero attached hydrogens (tertiary/aromatic N) is 3. The van der Waals surface area contributed by atoms with Crippen molar-refractivity contribution in [2.45, 2.75) is 26.4 Å². The van der Waals surface area contributed by atoms with E-state index < -0.39 is 11.7 Å². The molecule has 5 nitrogen and oxygen atoms in total. The van der Waals surface area contributed by atoms with Crippen LogP contribution in [0.15, 0.2) is 24.3 Å². The summed E-state index contributed by atoms with van der Waals surface area (Å²) in [5, 5.41) is 0.833. The zero-order valence-electron chi connectivity index (χ0n) is 11.8. The van der Waals surface area contributed by atoms with Crippen molar-refractivity contribution in [2.75, 3.05) is 11.9 Å². The molecule has 106 valence electrons. The molecule has 0 aliphatic rings. The summed E-state index contributed by atoms with van der Waals surface area (Å²) in [6.07, 6.45) is -0.489. The number of ether oxygens (including phenoxy) is 1. The highest BCUT2D eigenvalue weighted by atomic mass is 35.5. The highest BCUT2D eigenvalue weighted by Gasteiger charge is 2.23. The Morgan fingerprint density at radius 2 is 1.90 bits per heavy atom. The van der Waals surface area contributed by atoms with E-state index in [1.807, 2.05) is 45.0 Å². The molecule has 0 radical (unpaired) electrons. The number of halogens is 1. The fraction of sp³-hybridized carbons (Fsp3) is 0.357. The van der Waals surface area contributed by atoms with Crippen LogP contribution in [-0.2, 0) is 4.74 Å². The molecule has 1 aromatic heterocycles. The van der Waals surface area contributed by atoms with Crippen molar-refractivity contribution in [2.24, 2.45) is 0 Å². The van der Waals surface area contributed by atoms with Gasteiger partial charge in [0.1, 0.15) is 5.60 Å². The molecule has 0 spiro atoms. The van der Waals surface area contributed by atoms with Gasteiger partial charge >= 0.3 is 6.09 Å². The summed E-state index contributed by atoms with van der Waals surface area (Å²) in [5.41, 5.74) is 0.107. The van der Waals surface area contributed by atoms with Gasteiger partial charge in [-0.2, -0.15) is 4.98 Å². The number of amides is 1. The maximum atomic E-state index is 12.1. The van der Waals surface area contributed by atoms with Crippen LogP contribution in [0.3, 0.4) is 0 Å². The fourth-order valence-corrected chi connectivity index (χ4v) is 1.88. The topological polar surface area (TPSA) is 55.3 Å². The van der Waals surface area contributed by atoms with Crippen molar-refractivity contribution in [1.82, 2.24) is 9.97 Å². The van der Waals surface area contributed by atoms with Crippen molar-refractivity contribution >= 4 is 34.4 Å². The highest BCUT2D eigenvalue weighted by Crippen LogP contribution is 2.25. The Bertz CT molecular complexity index is 652. The van der Waals surface area contributed by atoms with E-state index in [0.29, 0.717) is 11.3 Å². The van der Waals surface area contributed by atoms with Gasteiger partial charge < -0.3 is 4.74 Å². The summed E-state index contributed by atoms with van der Waals surface area (Å²) in [5.74, 6) is 0.426. The van der Waals surface area contributed by atoms with E-state index in [0.717, 1.165) is 5.39 Å². The SMILES string of the molecule is CN(C(=O)OC(C)(C)C)c1nc(Cl)nc2ccccc12. The lowest BCUT2D eigenvalue weighted by Gasteiger charge is -2.24. The van der Waals surface area contributed by atoms with Crippen LogP contribution in [0.4, 0.5) is 10.6 Å². The molecule has 1 aromatic carbocycles. The molecular weight excluding hydrogens is 278 g/mol. The molecule has 0 saturated carbocycles. The van der Waals surface area contributed by atoms with Gasteiger partial charge in [-0.05, 0) is 44.5 Å². The minimum Gasteiger partial charge on any atom is -0.443 e. The first-order valence-corrected chi connectivity index (χ1v) is 6.55. The molecule has 0 fully saturated rings. The lowest BCUT2D eigenvalue weighted by Crippen LogP contribution is -2.34. The number of fused-ring (bicyclic) bond motifs is 1. The average Bonchev–Trinajstić information content (AvgIpc) is 2.34. The number of para-hydroxylation sites is 1. The minimum absolute atomic E-state index is 0.0918. The largest absolute Gasteiger partial charge is 0.443 e. The van der Waals surface area contributed by atoms with Crippen molar-refractivity contribution in [1.29, 1.82) is 0 Å². The number of benzene rings is 1. The smallest absolute Gasteiger partial charge is 0.415 e. The molecule has 1 heterocycles. The molecule has 6 heteroatoms. The molecule has 20 heavy (non-hydrogen) atoms. The number of hydrogen-bond acceptors (Lipinski definition) is 4. The average molecular weight is 294 g/mol. The van der Waals surface area contributed by atoms with Crippen LogP contribution in [0.1, 0.15) is 20.8 Å². The standard InChI is InChI=1S/C14H16ClN3O2/c1-14(2,3)20-13(19)18(4)11-9-7-5-6-8-10(9)16-12(15)17-11/h5-8H,1-4H3. The van der Waals surface area contributed by atoms with Gasteiger partial charge in [0, 0.05) is 12.4 Å². The van der Waals surface area contributed by atoms with Crippen molar-refractivity contribution < 1.29 is 9.53 Å². The number of anilines is 1. The van der Waals surface area contributed by atoms with Gasteiger partial charge in [0.2, 0.25) is 5.28 Å². The van der Waals surface area contributed by atoms with Crippen LogP contribution in [0.25, 0.3) is 10.9 Å². The second-order valence-corrected chi connectivity index (χ2v) is 5.71. The van der Waals surface area contributed by atoms with Crippen molar-refractivity contribution in [3.63, 3.8) is 0 Å². The quantitative estimate of drug-likeness (QED) is 0.753. The van der Waals surface area contributed by atoms with Crippen LogP contribution in [0.2, 0.25) is 5.28 Å². The van der Waals surface area contributed by atoms with E-state index in [4.69, 9.17) is 16.3 Å². The van der Waals surface area contributed by atoms with Gasteiger partial charge in [-0.3, -0.25) is 4.90 Å². The number of hydrogen-bond donors (Lipinski definition) is 0. The molecule has 0 N–H and O–H groups in total. The minimum atomic E-state index is -0.571. The van der Waals surface area contributed by atoms with E-state index in [9.17, 15) is 4.79 Å². The zero-order valence-corrected chi connectivity index (χ0v) is 12.6. The van der Waals surface area contributed by atoms with Crippen molar-refractivity contribution in [3.05, 3.63) is 29.5 Å². The number of rotatable bonds is 1. The normalized spacial score (nSPS) is 11.4. The fourth-order valence-electron chi connectivity index (χ4n) is 1.70. The summed E-state index contributed by atoms with van der Waals surface area (Å²) >= 11 is 5.90. The molecular formula is C14H16ClN3O2. The number of carbonyl (C=O) groups excluding carboxylic acids is 1. The van der Waals surface area contributed by atoms with Crippen molar-refractivity contribution in [3.8, 4) is 0 Å². The third kappa shape index (κ3) is 3.17. The molecule has 1 amide bonds. The van der Waals surface area contributed by atoms with E-state index in [1.54, 1.807) is 7.05 Å². The Balaban J connectivity index is 2.44. The third-order valence-electron chi connectivity index (χ3n) is 2.54. The molecule has 2 rings (SSSR count). The zero-order chi connectivity index (χ0) is 14.9. The summed E-state index contributed by atoms with van der Waals surface area (Å²) in [6.45, 7) is 5.43. The predicted octanol–water partition coefficient (Wildman–Crippen LogP) is 3.65. The van der Waals surface area contributed by atoms with Gasteiger partial charge in [-0.25, -0.2) is 9.78 Å². The van der Waals surface area contributed by atoms with Gasteiger partial charge in [0.25, 0.3) is 0 Å². The molecule has 0 unspecified atom stereocenters. The van der Waals surface area contributed by atoms with Gasteiger partial charge in [0.15, 0.2) is 5.82 Å². The highest BCUT2D eigenvalue weighted by molar-refractivity contribution is 6.29. The van der Waals surface area contributed by atoms with E-state index in [1.165, 1.54) is 4.90 Å². The maximum Gasteiger partial charge on any atom is 0.415 e. The van der Waals surface area contributed by atoms with Gasteiger partial charge in [-0.15, -0.1) is 0 Å². The van der Waals surface area contributed by atoms with E-state index in [2.05, 4.69) is 9.97 Å². The van der Waals surface area contributed by atoms with Crippen LogP contribution < -0.4 is 4.90 Å². The Kier molecular flexibility index (Phi) is 3.81. The summed E-state index contributed by atoms with van der Waals surface area (Å²) < 4.78 is 5.33. The van der Waals surface area contributed by atoms with Gasteiger partial charge in [0.05, 0.1) is 5.52 Å². The predicted molar refractivity (Wildman–Crippen MR) is 79.2 cm³/mol. The first-order chi connectivity index (χ1) is 9.28. The van der Waals surface area contributed by atoms with Crippen LogP contribution in [-0.4, -0.2) is 28.7 Å². The summed E-state index contributed by atoms with van der Waals surface area (Å²) in [4.78, 5) is 21.7. The molecule has 0 saturated heterocycles. The Morgan fingerprint density at radius 3 is 2.55 bits per heavy atom. The second kappa shape index (κ2) is 5.25. The number of aromatic nitrogens is 2.